The average Bonchev–Trinajstić information content (AvgIpc) is 3.09. The van der Waals surface area contributed by atoms with Gasteiger partial charge in [-0.25, -0.2) is 19.3 Å². The van der Waals surface area contributed by atoms with Gasteiger partial charge in [0.2, 0.25) is 0 Å². The number of hydrogen-bond donors (Lipinski definition) is 1. The summed E-state index contributed by atoms with van der Waals surface area (Å²) >= 11 is 0. The van der Waals surface area contributed by atoms with Crippen LogP contribution in [0.5, 0.6) is 0 Å². The zero-order valence-corrected chi connectivity index (χ0v) is 15.7. The van der Waals surface area contributed by atoms with Gasteiger partial charge in [-0.2, -0.15) is 0 Å². The molecule has 0 aliphatic heterocycles. The van der Waals surface area contributed by atoms with Gasteiger partial charge in [0.05, 0.1) is 39.8 Å². The molecule has 0 bridgehead atoms. The molecule has 2 aromatic carbocycles. The van der Waals surface area contributed by atoms with E-state index in [0.717, 1.165) is 35.4 Å². The van der Waals surface area contributed by atoms with Gasteiger partial charge in [-0.3, -0.25) is 4.79 Å². The number of imidazole rings is 1. The molecule has 0 unspecified atom stereocenters. The zero-order chi connectivity index (χ0) is 19.7. The van der Waals surface area contributed by atoms with Gasteiger partial charge in [0.25, 0.3) is 5.91 Å². The molecule has 4 aromatic rings. The standard InChI is InChI=1S/C21H20FN5O/c1-13-14(2)26-20-16(10-15(22)11-18(20)25-13)21(28)23-8-5-9-27-12-24-17-6-3-4-7-19(17)27/h3-4,6-7,10-12H,5,8-9H2,1-2H3,(H,23,28). The van der Waals surface area contributed by atoms with Gasteiger partial charge in [-0.15, -0.1) is 0 Å². The maximum atomic E-state index is 14.0. The van der Waals surface area contributed by atoms with Crippen LogP contribution in [0, 0.1) is 19.7 Å². The fourth-order valence-corrected chi connectivity index (χ4v) is 3.21. The van der Waals surface area contributed by atoms with Crippen molar-refractivity contribution < 1.29 is 9.18 Å². The van der Waals surface area contributed by atoms with E-state index in [2.05, 4.69) is 24.8 Å². The van der Waals surface area contributed by atoms with Gasteiger partial charge >= 0.3 is 0 Å². The van der Waals surface area contributed by atoms with E-state index in [4.69, 9.17) is 0 Å². The van der Waals surface area contributed by atoms with Crippen molar-refractivity contribution in [2.24, 2.45) is 0 Å². The molecule has 0 saturated heterocycles. The maximum Gasteiger partial charge on any atom is 0.253 e. The number of halogens is 1. The largest absolute Gasteiger partial charge is 0.352 e. The molecule has 0 atom stereocenters. The van der Waals surface area contributed by atoms with Crippen molar-refractivity contribution in [3.63, 3.8) is 0 Å². The summed E-state index contributed by atoms with van der Waals surface area (Å²) in [7, 11) is 0. The van der Waals surface area contributed by atoms with Crippen LogP contribution in [0.2, 0.25) is 0 Å². The van der Waals surface area contributed by atoms with Crippen LogP contribution in [0.4, 0.5) is 4.39 Å². The Bertz CT molecular complexity index is 1180. The first-order valence-electron chi connectivity index (χ1n) is 9.15. The third kappa shape index (κ3) is 3.43. The quantitative estimate of drug-likeness (QED) is 0.540. The Labute approximate surface area is 161 Å². The van der Waals surface area contributed by atoms with Crippen LogP contribution in [0.25, 0.3) is 22.1 Å². The molecule has 28 heavy (non-hydrogen) atoms. The van der Waals surface area contributed by atoms with Gasteiger partial charge in [-0.05, 0) is 38.5 Å². The van der Waals surface area contributed by atoms with Crippen molar-refractivity contribution in [3.05, 3.63) is 65.5 Å². The van der Waals surface area contributed by atoms with Crippen molar-refractivity contribution in [1.82, 2.24) is 24.8 Å². The van der Waals surface area contributed by atoms with Crippen LogP contribution in [0.1, 0.15) is 28.2 Å². The fourth-order valence-electron chi connectivity index (χ4n) is 3.21. The lowest BCUT2D eigenvalue weighted by atomic mass is 10.1. The number of nitrogens with zero attached hydrogens (tertiary/aromatic N) is 4. The molecule has 0 radical (unpaired) electrons. The van der Waals surface area contributed by atoms with E-state index in [1.807, 2.05) is 38.1 Å². The lowest BCUT2D eigenvalue weighted by Gasteiger charge is -2.10. The van der Waals surface area contributed by atoms with E-state index < -0.39 is 5.82 Å². The lowest BCUT2D eigenvalue weighted by Crippen LogP contribution is -2.26. The SMILES string of the molecule is Cc1nc2cc(F)cc(C(=O)NCCCn3cnc4ccccc43)c2nc1C. The maximum absolute atomic E-state index is 14.0. The third-order valence-corrected chi connectivity index (χ3v) is 4.78. The molecular weight excluding hydrogens is 357 g/mol. The number of amides is 1. The second-order valence-corrected chi connectivity index (χ2v) is 6.75. The molecule has 6 nitrogen and oxygen atoms in total. The van der Waals surface area contributed by atoms with Crippen LogP contribution < -0.4 is 5.32 Å². The monoisotopic (exact) mass is 377 g/mol. The Kier molecular flexibility index (Phi) is 4.73. The molecule has 1 N–H and O–H groups in total. The Morgan fingerprint density at radius 2 is 1.89 bits per heavy atom. The van der Waals surface area contributed by atoms with Crippen LogP contribution >= 0.6 is 0 Å². The van der Waals surface area contributed by atoms with Gasteiger partial charge in [-0.1, -0.05) is 12.1 Å². The number of hydrogen-bond acceptors (Lipinski definition) is 4. The number of nitrogens with one attached hydrogen (secondary N) is 1. The zero-order valence-electron chi connectivity index (χ0n) is 15.7. The number of carbonyl (C=O) groups is 1. The van der Waals surface area contributed by atoms with Crippen LogP contribution in [0.15, 0.2) is 42.7 Å². The van der Waals surface area contributed by atoms with Crippen molar-refractivity contribution in [2.75, 3.05) is 6.54 Å². The first-order valence-corrected chi connectivity index (χ1v) is 9.15. The summed E-state index contributed by atoms with van der Waals surface area (Å²) in [6.45, 7) is 4.82. The molecule has 0 aliphatic carbocycles. The summed E-state index contributed by atoms with van der Waals surface area (Å²) in [5.74, 6) is -0.849. The van der Waals surface area contributed by atoms with Crippen LogP contribution in [-0.2, 0) is 6.54 Å². The highest BCUT2D eigenvalue weighted by atomic mass is 19.1. The Morgan fingerprint density at radius 3 is 2.75 bits per heavy atom. The molecule has 1 amide bonds. The number of aromatic nitrogens is 4. The molecule has 2 heterocycles. The van der Waals surface area contributed by atoms with Crippen LogP contribution in [0.3, 0.4) is 0 Å². The highest BCUT2D eigenvalue weighted by Crippen LogP contribution is 2.19. The Hall–Kier alpha value is -3.35. The lowest BCUT2D eigenvalue weighted by molar-refractivity contribution is 0.0954. The molecular formula is C21H20FN5O. The second-order valence-electron chi connectivity index (χ2n) is 6.75. The normalized spacial score (nSPS) is 11.2. The minimum Gasteiger partial charge on any atom is -0.352 e. The molecule has 0 aliphatic rings. The van der Waals surface area contributed by atoms with Gasteiger partial charge in [0.15, 0.2) is 0 Å². The molecule has 7 heteroatoms. The molecule has 142 valence electrons. The summed E-state index contributed by atoms with van der Waals surface area (Å²) in [5, 5.41) is 2.86. The summed E-state index contributed by atoms with van der Waals surface area (Å²) in [6, 6.07) is 10.4. The Morgan fingerprint density at radius 1 is 1.11 bits per heavy atom. The number of benzene rings is 2. The van der Waals surface area contributed by atoms with Gasteiger partial charge < -0.3 is 9.88 Å². The number of rotatable bonds is 5. The van der Waals surface area contributed by atoms with Crippen molar-refractivity contribution in [1.29, 1.82) is 0 Å². The Balaban J connectivity index is 1.46. The summed E-state index contributed by atoms with van der Waals surface area (Å²) in [5.41, 5.74) is 4.46. The van der Waals surface area contributed by atoms with Gasteiger partial charge in [0, 0.05) is 19.2 Å². The third-order valence-electron chi connectivity index (χ3n) is 4.78. The van der Waals surface area contributed by atoms with E-state index in [1.54, 1.807) is 6.33 Å². The first-order chi connectivity index (χ1) is 13.5. The number of carbonyl (C=O) groups excluding carboxylic acids is 1. The van der Waals surface area contributed by atoms with Crippen LogP contribution in [-0.4, -0.2) is 32.0 Å². The topological polar surface area (TPSA) is 72.7 Å². The minimum absolute atomic E-state index is 0.207. The average molecular weight is 377 g/mol. The molecule has 0 fully saturated rings. The van der Waals surface area contributed by atoms with E-state index in [-0.39, 0.29) is 11.5 Å². The summed E-state index contributed by atoms with van der Waals surface area (Å²) in [6.07, 6.45) is 2.52. The van der Waals surface area contributed by atoms with E-state index >= 15 is 0 Å². The predicted molar refractivity (Wildman–Crippen MR) is 106 cm³/mol. The smallest absolute Gasteiger partial charge is 0.253 e. The molecule has 4 rings (SSSR count). The van der Waals surface area contributed by atoms with E-state index in [0.29, 0.717) is 17.6 Å². The molecule has 2 aromatic heterocycles. The molecule has 0 spiro atoms. The van der Waals surface area contributed by atoms with E-state index in [1.165, 1.54) is 12.1 Å². The van der Waals surface area contributed by atoms with E-state index in [9.17, 15) is 9.18 Å². The predicted octanol–water partition coefficient (Wildman–Crippen LogP) is 3.56. The van der Waals surface area contributed by atoms with Crippen molar-refractivity contribution >= 4 is 28.0 Å². The fraction of sp³-hybridized carbons (Fsp3) is 0.238. The molecule has 0 saturated carbocycles. The number of fused-ring (bicyclic) bond motifs is 2. The summed E-state index contributed by atoms with van der Waals surface area (Å²) in [4.78, 5) is 25.8. The second kappa shape index (κ2) is 7.34. The number of para-hydroxylation sites is 2. The highest BCUT2D eigenvalue weighted by Gasteiger charge is 2.15. The summed E-state index contributed by atoms with van der Waals surface area (Å²) < 4.78 is 16.0. The first kappa shape index (κ1) is 18.0. The number of aryl methyl sites for hydroxylation is 3. The minimum atomic E-state index is -0.500. The van der Waals surface area contributed by atoms with Crippen molar-refractivity contribution in [2.45, 2.75) is 26.8 Å². The van der Waals surface area contributed by atoms with Gasteiger partial charge in [0.1, 0.15) is 11.3 Å². The highest BCUT2D eigenvalue weighted by molar-refractivity contribution is 6.04. The van der Waals surface area contributed by atoms with Crippen molar-refractivity contribution in [3.8, 4) is 0 Å².